The molecule has 2 rings (SSSR count). The molecular weight excluding hydrogens is 193 g/mol. The van der Waals surface area contributed by atoms with Gasteiger partial charge < -0.3 is 5.73 Å². The molecule has 1 aromatic rings. The normalized spacial score (nSPS) is 15.3. The molecule has 0 bridgehead atoms. The Kier molecular flexibility index (Phi) is 2.47. The average Bonchev–Trinajstić information content (AvgIpc) is 2.94. The van der Waals surface area contributed by atoms with Crippen molar-refractivity contribution in [3.05, 3.63) is 29.1 Å². The van der Waals surface area contributed by atoms with E-state index in [1.54, 1.807) is 6.07 Å². The number of nitrogen functional groups attached to an aromatic ring is 1. The minimum atomic E-state index is -0.474. The molecule has 0 radical (unpaired) electrons. The second kappa shape index (κ2) is 3.65. The van der Waals surface area contributed by atoms with Crippen LogP contribution in [0, 0.1) is 11.7 Å². The molecule has 0 aromatic heterocycles. The number of nitrogens with two attached hydrogens (primary N) is 1. The molecule has 0 amide bonds. The number of carbonyl (C=O) groups excluding carboxylic acids is 1. The highest BCUT2D eigenvalue weighted by molar-refractivity contribution is 5.99. The zero-order chi connectivity index (χ0) is 11.0. The lowest BCUT2D eigenvalue weighted by Crippen LogP contribution is -2.04. The van der Waals surface area contributed by atoms with Crippen LogP contribution >= 0.6 is 0 Å². The lowest BCUT2D eigenvalue weighted by molar-refractivity contribution is 0.101. The largest absolute Gasteiger partial charge is 0.396 e. The monoisotopic (exact) mass is 207 g/mol. The molecular formula is C12H14FNO. The molecule has 0 aliphatic heterocycles. The van der Waals surface area contributed by atoms with Crippen LogP contribution in [0.4, 0.5) is 10.1 Å². The van der Waals surface area contributed by atoms with Crippen molar-refractivity contribution in [1.82, 2.24) is 0 Å². The number of carbonyl (C=O) groups is 1. The molecule has 1 aliphatic carbocycles. The van der Waals surface area contributed by atoms with Crippen LogP contribution in [0.5, 0.6) is 0 Å². The van der Waals surface area contributed by atoms with E-state index < -0.39 is 5.82 Å². The van der Waals surface area contributed by atoms with Gasteiger partial charge in [0.05, 0.1) is 5.69 Å². The van der Waals surface area contributed by atoms with Gasteiger partial charge >= 0.3 is 0 Å². The number of halogens is 1. The van der Waals surface area contributed by atoms with Crippen LogP contribution in [-0.4, -0.2) is 5.78 Å². The van der Waals surface area contributed by atoms with E-state index in [1.807, 2.05) is 0 Å². The molecule has 0 heterocycles. The van der Waals surface area contributed by atoms with Crippen molar-refractivity contribution in [2.24, 2.45) is 5.92 Å². The van der Waals surface area contributed by atoms with E-state index in [0.29, 0.717) is 11.5 Å². The molecule has 0 atom stereocenters. The molecule has 80 valence electrons. The van der Waals surface area contributed by atoms with Crippen molar-refractivity contribution in [1.29, 1.82) is 0 Å². The van der Waals surface area contributed by atoms with E-state index in [9.17, 15) is 9.18 Å². The third-order valence-electron chi connectivity index (χ3n) is 2.79. The third kappa shape index (κ3) is 2.17. The van der Waals surface area contributed by atoms with Gasteiger partial charge in [0.25, 0.3) is 0 Å². The summed E-state index contributed by atoms with van der Waals surface area (Å²) >= 11 is 0. The molecule has 2 N–H and O–H groups in total. The van der Waals surface area contributed by atoms with Crippen LogP contribution < -0.4 is 5.73 Å². The predicted octanol–water partition coefficient (Wildman–Crippen LogP) is 2.56. The molecule has 3 heteroatoms. The standard InChI is InChI=1S/C12H14FNO/c1-7(15)10-5-9(4-8-2-3-8)6-11(13)12(10)14/h5-6,8H,2-4,14H2,1H3. The summed E-state index contributed by atoms with van der Waals surface area (Å²) in [6, 6.07) is 3.17. The lowest BCUT2D eigenvalue weighted by Gasteiger charge is -2.07. The Balaban J connectivity index is 2.35. The summed E-state index contributed by atoms with van der Waals surface area (Å²) in [6.45, 7) is 1.41. The first-order valence-electron chi connectivity index (χ1n) is 5.16. The number of rotatable bonds is 3. The first kappa shape index (κ1) is 10.1. The lowest BCUT2D eigenvalue weighted by atomic mass is 10.0. The Hall–Kier alpha value is -1.38. The Morgan fingerprint density at radius 1 is 1.53 bits per heavy atom. The van der Waals surface area contributed by atoms with Crippen LogP contribution in [-0.2, 0) is 6.42 Å². The van der Waals surface area contributed by atoms with E-state index in [1.165, 1.54) is 25.8 Å². The van der Waals surface area contributed by atoms with Gasteiger partial charge in [0, 0.05) is 5.56 Å². The van der Waals surface area contributed by atoms with E-state index >= 15 is 0 Å². The van der Waals surface area contributed by atoms with Crippen LogP contribution in [0.15, 0.2) is 12.1 Å². The second-order valence-electron chi connectivity index (χ2n) is 4.24. The van der Waals surface area contributed by atoms with Crippen molar-refractivity contribution in [3.63, 3.8) is 0 Å². The van der Waals surface area contributed by atoms with Gasteiger partial charge in [-0.1, -0.05) is 0 Å². The summed E-state index contributed by atoms with van der Waals surface area (Å²) in [7, 11) is 0. The molecule has 1 saturated carbocycles. The molecule has 1 fully saturated rings. The molecule has 0 saturated heterocycles. The Morgan fingerprint density at radius 3 is 2.73 bits per heavy atom. The quantitative estimate of drug-likeness (QED) is 0.611. The fourth-order valence-electron chi connectivity index (χ4n) is 1.74. The van der Waals surface area contributed by atoms with Crippen molar-refractivity contribution >= 4 is 11.5 Å². The number of benzene rings is 1. The summed E-state index contributed by atoms with van der Waals surface area (Å²) in [4.78, 5) is 11.2. The van der Waals surface area contributed by atoms with Gasteiger partial charge in [-0.25, -0.2) is 4.39 Å². The van der Waals surface area contributed by atoms with Gasteiger partial charge in [0.2, 0.25) is 0 Å². The molecule has 0 unspecified atom stereocenters. The van der Waals surface area contributed by atoms with Gasteiger partial charge in [-0.15, -0.1) is 0 Å². The highest BCUT2D eigenvalue weighted by Gasteiger charge is 2.22. The van der Waals surface area contributed by atoms with Gasteiger partial charge in [0.15, 0.2) is 5.78 Å². The number of Topliss-reactive ketones (excluding diaryl/α,β-unsaturated/α-hetero) is 1. The molecule has 2 nitrogen and oxygen atoms in total. The zero-order valence-corrected chi connectivity index (χ0v) is 8.72. The summed E-state index contributed by atoms with van der Waals surface area (Å²) in [5, 5.41) is 0. The van der Waals surface area contributed by atoms with E-state index in [4.69, 9.17) is 5.73 Å². The van der Waals surface area contributed by atoms with Crippen molar-refractivity contribution in [3.8, 4) is 0 Å². The van der Waals surface area contributed by atoms with E-state index in [0.717, 1.165) is 12.0 Å². The van der Waals surface area contributed by atoms with Crippen molar-refractivity contribution in [2.45, 2.75) is 26.2 Å². The molecule has 0 spiro atoms. The second-order valence-corrected chi connectivity index (χ2v) is 4.24. The SMILES string of the molecule is CC(=O)c1cc(CC2CC2)cc(F)c1N. The van der Waals surface area contributed by atoms with Crippen LogP contribution in [0.3, 0.4) is 0 Å². The fraction of sp³-hybridized carbons (Fsp3) is 0.417. The number of hydrogen-bond donors (Lipinski definition) is 1. The van der Waals surface area contributed by atoms with Crippen LogP contribution in [0.2, 0.25) is 0 Å². The Bertz CT molecular complexity index is 410. The maximum atomic E-state index is 13.4. The Morgan fingerprint density at radius 2 is 2.20 bits per heavy atom. The first-order chi connectivity index (χ1) is 7.08. The van der Waals surface area contributed by atoms with Gasteiger partial charge in [-0.05, 0) is 49.8 Å². The fourth-order valence-corrected chi connectivity index (χ4v) is 1.74. The van der Waals surface area contributed by atoms with E-state index in [-0.39, 0.29) is 11.5 Å². The minimum absolute atomic E-state index is 0.0259. The summed E-state index contributed by atoms with van der Waals surface area (Å²) < 4.78 is 13.4. The molecule has 1 aliphatic rings. The number of ketones is 1. The smallest absolute Gasteiger partial charge is 0.161 e. The average molecular weight is 207 g/mol. The minimum Gasteiger partial charge on any atom is -0.396 e. The number of hydrogen-bond acceptors (Lipinski definition) is 2. The zero-order valence-electron chi connectivity index (χ0n) is 8.72. The van der Waals surface area contributed by atoms with Gasteiger partial charge in [-0.2, -0.15) is 0 Å². The summed E-state index contributed by atoms with van der Waals surface area (Å²) in [6.07, 6.45) is 3.28. The molecule has 15 heavy (non-hydrogen) atoms. The predicted molar refractivity (Wildman–Crippen MR) is 57.2 cm³/mol. The van der Waals surface area contributed by atoms with Crippen LogP contribution in [0.25, 0.3) is 0 Å². The highest BCUT2D eigenvalue weighted by Crippen LogP contribution is 2.33. The first-order valence-corrected chi connectivity index (χ1v) is 5.16. The van der Waals surface area contributed by atoms with Crippen LogP contribution in [0.1, 0.15) is 35.7 Å². The maximum absolute atomic E-state index is 13.4. The van der Waals surface area contributed by atoms with E-state index in [2.05, 4.69) is 0 Å². The highest BCUT2D eigenvalue weighted by atomic mass is 19.1. The number of anilines is 1. The summed E-state index contributed by atoms with van der Waals surface area (Å²) in [5.74, 6) is 0.0234. The van der Waals surface area contributed by atoms with Gasteiger partial charge in [-0.3, -0.25) is 4.79 Å². The maximum Gasteiger partial charge on any atom is 0.161 e. The van der Waals surface area contributed by atoms with Gasteiger partial charge in [0.1, 0.15) is 5.82 Å². The Labute approximate surface area is 88.3 Å². The third-order valence-corrected chi connectivity index (χ3v) is 2.79. The van der Waals surface area contributed by atoms with Crippen molar-refractivity contribution < 1.29 is 9.18 Å². The molecule has 1 aromatic carbocycles. The summed E-state index contributed by atoms with van der Waals surface area (Å²) in [5.41, 5.74) is 6.67. The topological polar surface area (TPSA) is 43.1 Å². The van der Waals surface area contributed by atoms with Crippen molar-refractivity contribution in [2.75, 3.05) is 5.73 Å².